The van der Waals surface area contributed by atoms with Crippen LogP contribution in [0.3, 0.4) is 0 Å². The zero-order chi connectivity index (χ0) is 27.4. The average Bonchev–Trinajstić information content (AvgIpc) is 3.27. The molecule has 4 rings (SSSR count). The van der Waals surface area contributed by atoms with Gasteiger partial charge in [0, 0.05) is 24.2 Å². The number of nitrogens with zero attached hydrogens (tertiary/aromatic N) is 1. The Bertz CT molecular complexity index is 1450. The number of aliphatic hydroxyl groups excluding tert-OH is 1. The number of amides is 1. The summed E-state index contributed by atoms with van der Waals surface area (Å²) < 4.78 is 43.0. The molecule has 10 heteroatoms. The van der Waals surface area contributed by atoms with E-state index in [0.29, 0.717) is 25.3 Å². The Morgan fingerprint density at radius 2 is 1.74 bits per heavy atom. The molecule has 0 aliphatic heterocycles. The number of halogens is 3. The number of rotatable bonds is 9. The van der Waals surface area contributed by atoms with Gasteiger partial charge in [0.15, 0.2) is 5.78 Å². The number of carbonyl (C=O) groups is 3. The largest absolute Gasteiger partial charge is 0.391 e. The molecule has 0 saturated heterocycles. The van der Waals surface area contributed by atoms with Crippen LogP contribution in [0.1, 0.15) is 52.7 Å². The molecule has 1 aliphatic carbocycles. The third kappa shape index (κ3) is 6.25. The SMILES string of the molecule is O=C(CC(=O)c1cc(Cc2ccc(F)cc2F)cn(Cc2ccccc2F)c1=O)C(=O)N[C@H]1CCC[C@@H]1O. The summed E-state index contributed by atoms with van der Waals surface area (Å²) in [7, 11) is 0. The molecule has 2 atom stereocenters. The van der Waals surface area contributed by atoms with Crippen LogP contribution in [-0.4, -0.2) is 39.3 Å². The average molecular weight is 527 g/mol. The second-order valence-corrected chi connectivity index (χ2v) is 9.30. The van der Waals surface area contributed by atoms with Crippen molar-refractivity contribution < 1.29 is 32.7 Å². The summed E-state index contributed by atoms with van der Waals surface area (Å²) in [5, 5.41) is 12.3. The maximum Gasteiger partial charge on any atom is 0.288 e. The molecule has 0 spiro atoms. The number of benzene rings is 2. The van der Waals surface area contributed by atoms with Crippen molar-refractivity contribution in [3.63, 3.8) is 0 Å². The fourth-order valence-electron chi connectivity index (χ4n) is 4.49. The van der Waals surface area contributed by atoms with E-state index >= 15 is 0 Å². The maximum atomic E-state index is 14.3. The molecule has 198 valence electrons. The topological polar surface area (TPSA) is 105 Å². The minimum Gasteiger partial charge on any atom is -0.391 e. The number of aliphatic hydroxyl groups is 1. The maximum absolute atomic E-state index is 14.3. The molecule has 1 aromatic heterocycles. The third-order valence-corrected chi connectivity index (χ3v) is 6.52. The first-order chi connectivity index (χ1) is 18.1. The lowest BCUT2D eigenvalue weighted by molar-refractivity contribution is -0.138. The smallest absolute Gasteiger partial charge is 0.288 e. The third-order valence-electron chi connectivity index (χ3n) is 6.52. The van der Waals surface area contributed by atoms with Gasteiger partial charge in [-0.05, 0) is 48.6 Å². The van der Waals surface area contributed by atoms with Crippen LogP contribution in [-0.2, 0) is 22.6 Å². The van der Waals surface area contributed by atoms with Crippen LogP contribution in [0.4, 0.5) is 13.2 Å². The summed E-state index contributed by atoms with van der Waals surface area (Å²) in [6, 6.07) is 9.32. The highest BCUT2D eigenvalue weighted by molar-refractivity contribution is 6.40. The fraction of sp³-hybridized carbons (Fsp3) is 0.286. The highest BCUT2D eigenvalue weighted by Crippen LogP contribution is 2.19. The van der Waals surface area contributed by atoms with E-state index < -0.39 is 64.6 Å². The van der Waals surface area contributed by atoms with Gasteiger partial charge in [0.1, 0.15) is 17.5 Å². The molecule has 0 radical (unpaired) electrons. The number of aromatic nitrogens is 1. The van der Waals surface area contributed by atoms with Gasteiger partial charge in [0.05, 0.1) is 30.7 Å². The Hall–Kier alpha value is -4.05. The van der Waals surface area contributed by atoms with Crippen molar-refractivity contribution in [1.29, 1.82) is 0 Å². The molecule has 1 aliphatic rings. The van der Waals surface area contributed by atoms with Crippen LogP contribution < -0.4 is 10.9 Å². The van der Waals surface area contributed by atoms with Crippen LogP contribution in [0.5, 0.6) is 0 Å². The van der Waals surface area contributed by atoms with Gasteiger partial charge in [-0.15, -0.1) is 0 Å². The van der Waals surface area contributed by atoms with Crippen LogP contribution in [0, 0.1) is 17.5 Å². The molecule has 7 nitrogen and oxygen atoms in total. The van der Waals surface area contributed by atoms with Crippen LogP contribution in [0.2, 0.25) is 0 Å². The van der Waals surface area contributed by atoms with Crippen LogP contribution >= 0.6 is 0 Å². The van der Waals surface area contributed by atoms with E-state index in [2.05, 4.69) is 5.32 Å². The molecule has 0 bridgehead atoms. The lowest BCUT2D eigenvalue weighted by Crippen LogP contribution is -2.43. The van der Waals surface area contributed by atoms with E-state index in [4.69, 9.17) is 0 Å². The molecule has 2 N–H and O–H groups in total. The molecule has 2 aromatic carbocycles. The molecule has 3 aromatic rings. The van der Waals surface area contributed by atoms with Crippen molar-refractivity contribution in [2.24, 2.45) is 0 Å². The Labute approximate surface area is 215 Å². The number of hydrogen-bond acceptors (Lipinski definition) is 5. The quantitative estimate of drug-likeness (QED) is 0.253. The number of nitrogens with one attached hydrogen (secondary N) is 1. The minimum absolute atomic E-state index is 0.0893. The van der Waals surface area contributed by atoms with E-state index in [-0.39, 0.29) is 29.7 Å². The predicted molar refractivity (Wildman–Crippen MR) is 131 cm³/mol. The number of Topliss-reactive ketones (excluding diaryl/α,β-unsaturated/α-hetero) is 2. The summed E-state index contributed by atoms with van der Waals surface area (Å²) >= 11 is 0. The van der Waals surface area contributed by atoms with Gasteiger partial charge in [0.2, 0.25) is 5.78 Å². The van der Waals surface area contributed by atoms with Gasteiger partial charge >= 0.3 is 0 Å². The van der Waals surface area contributed by atoms with E-state index in [1.54, 1.807) is 6.07 Å². The van der Waals surface area contributed by atoms with Gasteiger partial charge < -0.3 is 15.0 Å². The second kappa shape index (κ2) is 11.6. The standard InChI is InChI=1S/C28H25F3N2O5/c29-19-9-8-17(22(31)12-19)10-16-11-20(28(38)33(14-16)15-18-4-1-2-5-21(18)30)25(35)13-26(36)27(37)32-23-6-3-7-24(23)34/h1-2,4-5,8-9,11-12,14,23-24,34H,3,6-7,10,13,15H2,(H,32,37)/t23-,24-/m0/s1. The summed E-state index contributed by atoms with van der Waals surface area (Å²) in [6.45, 7) is -0.250. The zero-order valence-electron chi connectivity index (χ0n) is 20.3. The Morgan fingerprint density at radius 3 is 2.42 bits per heavy atom. The zero-order valence-corrected chi connectivity index (χ0v) is 20.3. The Morgan fingerprint density at radius 1 is 0.974 bits per heavy atom. The number of ketones is 2. The van der Waals surface area contributed by atoms with Crippen molar-refractivity contribution in [2.45, 2.75) is 50.8 Å². The molecule has 1 amide bonds. The predicted octanol–water partition coefficient (Wildman–Crippen LogP) is 3.08. The second-order valence-electron chi connectivity index (χ2n) is 9.30. The molecule has 1 fully saturated rings. The summed E-state index contributed by atoms with van der Waals surface area (Å²) in [5.41, 5.74) is -0.722. The summed E-state index contributed by atoms with van der Waals surface area (Å²) in [4.78, 5) is 50.9. The normalized spacial score (nSPS) is 16.8. The van der Waals surface area contributed by atoms with Crippen LogP contribution in [0.15, 0.2) is 59.5 Å². The van der Waals surface area contributed by atoms with E-state index in [9.17, 15) is 37.5 Å². The van der Waals surface area contributed by atoms with Gasteiger partial charge in [-0.25, -0.2) is 13.2 Å². The van der Waals surface area contributed by atoms with E-state index in [1.807, 2.05) is 0 Å². The van der Waals surface area contributed by atoms with Gasteiger partial charge in [-0.2, -0.15) is 0 Å². The first-order valence-electron chi connectivity index (χ1n) is 12.1. The molecular weight excluding hydrogens is 501 g/mol. The van der Waals surface area contributed by atoms with Gasteiger partial charge in [-0.3, -0.25) is 19.2 Å². The fourth-order valence-corrected chi connectivity index (χ4v) is 4.49. The first-order valence-corrected chi connectivity index (χ1v) is 12.1. The van der Waals surface area contributed by atoms with Crippen molar-refractivity contribution >= 4 is 17.5 Å². The Balaban J connectivity index is 1.63. The highest BCUT2D eigenvalue weighted by atomic mass is 19.1. The van der Waals surface area contributed by atoms with E-state index in [1.165, 1.54) is 36.5 Å². The minimum atomic E-state index is -1.08. The molecule has 0 unspecified atom stereocenters. The summed E-state index contributed by atoms with van der Waals surface area (Å²) in [6.07, 6.45) is 1.19. The van der Waals surface area contributed by atoms with Crippen molar-refractivity contribution in [3.8, 4) is 0 Å². The monoisotopic (exact) mass is 526 g/mol. The Kier molecular flexibility index (Phi) is 8.21. The summed E-state index contributed by atoms with van der Waals surface area (Å²) in [5.74, 6) is -5.24. The van der Waals surface area contributed by atoms with Crippen LogP contribution in [0.25, 0.3) is 0 Å². The first kappa shape index (κ1) is 27.0. The number of hydrogen-bond donors (Lipinski definition) is 2. The number of carbonyl (C=O) groups excluding carboxylic acids is 3. The number of pyridine rings is 1. The van der Waals surface area contributed by atoms with E-state index in [0.717, 1.165) is 10.6 Å². The molecular formula is C28H25F3N2O5. The molecule has 1 saturated carbocycles. The van der Waals surface area contributed by atoms with Gasteiger partial charge in [0.25, 0.3) is 11.5 Å². The van der Waals surface area contributed by atoms with Crippen molar-refractivity contribution in [1.82, 2.24) is 9.88 Å². The van der Waals surface area contributed by atoms with Crippen molar-refractivity contribution in [3.05, 3.63) is 105 Å². The van der Waals surface area contributed by atoms with Gasteiger partial charge in [-0.1, -0.05) is 24.3 Å². The lowest BCUT2D eigenvalue weighted by atomic mass is 10.0. The molecule has 38 heavy (non-hydrogen) atoms. The highest BCUT2D eigenvalue weighted by Gasteiger charge is 2.30. The molecule has 1 heterocycles. The van der Waals surface area contributed by atoms with Crippen molar-refractivity contribution in [2.75, 3.05) is 0 Å². The lowest BCUT2D eigenvalue weighted by Gasteiger charge is -2.15.